The Kier molecular flexibility index (Phi) is 8.26. The van der Waals surface area contributed by atoms with Gasteiger partial charge in [-0.1, -0.05) is 36.9 Å². The molecule has 1 aromatic carbocycles. The molecule has 1 aromatic rings. The van der Waals surface area contributed by atoms with Gasteiger partial charge in [0.15, 0.2) is 0 Å². The Balaban J connectivity index is 2.27. The lowest BCUT2D eigenvalue weighted by molar-refractivity contribution is -0.861. The molecule has 0 bridgehead atoms. The molecule has 0 aliphatic heterocycles. The van der Waals surface area contributed by atoms with Crippen LogP contribution < -0.4 is 0 Å². The van der Waals surface area contributed by atoms with E-state index in [-0.39, 0.29) is 24.8 Å². The molecule has 1 unspecified atom stereocenters. The van der Waals surface area contributed by atoms with Gasteiger partial charge < -0.3 is 14.1 Å². The molecule has 0 heterocycles. The first kappa shape index (κ1) is 20.5. The van der Waals surface area contributed by atoms with Crippen LogP contribution in [0, 0.1) is 0 Å². The van der Waals surface area contributed by atoms with Gasteiger partial charge in [-0.3, -0.25) is 4.79 Å². The molecule has 0 saturated carbocycles. The summed E-state index contributed by atoms with van der Waals surface area (Å²) in [7, 11) is 3.90. The molecule has 0 radical (unpaired) electrons. The van der Waals surface area contributed by atoms with Gasteiger partial charge in [0.05, 0.1) is 27.7 Å². The molecule has 0 amide bonds. The zero-order valence-corrected chi connectivity index (χ0v) is 15.6. The smallest absolute Gasteiger partial charge is 0.333 e. The van der Waals surface area contributed by atoms with Crippen LogP contribution >= 0.6 is 8.15 Å². The zero-order valence-electron chi connectivity index (χ0n) is 14.7. The fraction of sp³-hybridized carbons (Fsp3) is 0.444. The van der Waals surface area contributed by atoms with Crippen molar-refractivity contribution in [1.29, 1.82) is 0 Å². The van der Waals surface area contributed by atoms with Crippen LogP contribution in [0.3, 0.4) is 0 Å². The van der Waals surface area contributed by atoms with Crippen LogP contribution in [0.15, 0.2) is 42.5 Å². The monoisotopic (exact) mass is 352 g/mol. The number of hydrogen-bond acceptors (Lipinski definition) is 4. The Morgan fingerprint density at radius 2 is 1.83 bits per heavy atom. The Morgan fingerprint density at radius 1 is 1.21 bits per heavy atom. The van der Waals surface area contributed by atoms with E-state index in [9.17, 15) is 14.5 Å². The lowest BCUT2D eigenvalue weighted by Crippen LogP contribution is -2.39. The minimum Gasteiger partial charge on any atom is -0.462 e. The molecular formula is C18H27NO4P+. The first-order valence-electron chi connectivity index (χ1n) is 7.87. The van der Waals surface area contributed by atoms with Crippen LogP contribution in [0.2, 0.25) is 0 Å². The summed E-state index contributed by atoms with van der Waals surface area (Å²) in [5.74, 6) is -0.464. The normalized spacial score (nSPS) is 12.5. The molecule has 1 atom stereocenters. The zero-order chi connectivity index (χ0) is 18.2. The van der Waals surface area contributed by atoms with Gasteiger partial charge in [0.1, 0.15) is 14.7 Å². The van der Waals surface area contributed by atoms with Gasteiger partial charge >= 0.3 is 5.97 Å². The first-order valence-corrected chi connectivity index (χ1v) is 9.35. The molecule has 0 fully saturated rings. The maximum absolute atomic E-state index is 11.9. The van der Waals surface area contributed by atoms with Crippen molar-refractivity contribution in [3.05, 3.63) is 48.0 Å². The highest BCUT2D eigenvalue weighted by atomic mass is 31.1. The van der Waals surface area contributed by atoms with E-state index in [0.717, 1.165) is 12.0 Å². The largest absolute Gasteiger partial charge is 0.462 e. The number of esters is 1. The second-order valence-electron chi connectivity index (χ2n) is 6.69. The van der Waals surface area contributed by atoms with Crippen LogP contribution in [0.1, 0.15) is 12.0 Å². The van der Waals surface area contributed by atoms with Crippen LogP contribution in [0.5, 0.6) is 0 Å². The molecule has 0 aliphatic rings. The topological polar surface area (TPSA) is 63.6 Å². The molecule has 0 saturated heterocycles. The molecule has 0 aromatic heterocycles. The predicted octanol–water partition coefficient (Wildman–Crippen LogP) is 2.34. The van der Waals surface area contributed by atoms with Gasteiger partial charge in [-0.15, -0.1) is 0 Å². The van der Waals surface area contributed by atoms with Crippen molar-refractivity contribution in [3.8, 4) is 0 Å². The van der Waals surface area contributed by atoms with E-state index in [0.29, 0.717) is 16.5 Å². The predicted molar refractivity (Wildman–Crippen MR) is 96.8 cm³/mol. The van der Waals surface area contributed by atoms with Gasteiger partial charge in [-0.25, -0.2) is 4.79 Å². The SMILES string of the molecule is C=C(CCc1ccccc1)C(=O)OCCP(O)C(=O)C[N+](C)(C)C. The molecule has 0 spiro atoms. The van der Waals surface area contributed by atoms with E-state index in [2.05, 4.69) is 6.58 Å². The molecule has 0 aliphatic carbocycles. The summed E-state index contributed by atoms with van der Waals surface area (Å²) in [4.78, 5) is 33.6. The van der Waals surface area contributed by atoms with Crippen molar-refractivity contribution in [2.45, 2.75) is 12.8 Å². The third kappa shape index (κ3) is 8.34. The quantitative estimate of drug-likeness (QED) is 0.304. The van der Waals surface area contributed by atoms with Crippen LogP contribution in [-0.4, -0.2) is 61.3 Å². The summed E-state index contributed by atoms with van der Waals surface area (Å²) in [6.07, 6.45) is 1.42. The van der Waals surface area contributed by atoms with Gasteiger partial charge in [0.2, 0.25) is 5.52 Å². The average Bonchev–Trinajstić information content (AvgIpc) is 2.51. The summed E-state index contributed by atoms with van der Waals surface area (Å²) >= 11 is 0. The Bertz CT molecular complexity index is 566. The lowest BCUT2D eigenvalue weighted by atomic mass is 10.1. The average molecular weight is 352 g/mol. The summed E-state index contributed by atoms with van der Waals surface area (Å²) in [6.45, 7) is 4.05. The number of benzene rings is 1. The maximum Gasteiger partial charge on any atom is 0.333 e. The van der Waals surface area contributed by atoms with Crippen LogP contribution in [0.4, 0.5) is 0 Å². The highest BCUT2D eigenvalue weighted by Gasteiger charge is 2.22. The summed E-state index contributed by atoms with van der Waals surface area (Å²) < 4.78 is 5.57. The molecule has 1 N–H and O–H groups in total. The van der Waals surface area contributed by atoms with E-state index in [4.69, 9.17) is 4.74 Å². The van der Waals surface area contributed by atoms with Crippen molar-refractivity contribution in [3.63, 3.8) is 0 Å². The van der Waals surface area contributed by atoms with Crippen LogP contribution in [-0.2, 0) is 20.7 Å². The van der Waals surface area contributed by atoms with Gasteiger partial charge in [-0.2, -0.15) is 0 Å². The van der Waals surface area contributed by atoms with Crippen molar-refractivity contribution in [2.75, 3.05) is 40.5 Å². The Labute approximate surface area is 145 Å². The van der Waals surface area contributed by atoms with Crippen molar-refractivity contribution in [1.82, 2.24) is 0 Å². The molecule has 1 rings (SSSR count). The lowest BCUT2D eigenvalue weighted by Gasteiger charge is -2.23. The number of ether oxygens (including phenoxy) is 1. The standard InChI is InChI=1S/C18H27NO4P/c1-15(10-11-16-8-6-5-7-9-16)18(21)23-12-13-24(22)17(20)14-19(2,3)4/h5-9,22H,1,10-14H2,2-4H3/q+1. The fourth-order valence-electron chi connectivity index (χ4n) is 1.98. The summed E-state index contributed by atoms with van der Waals surface area (Å²) in [5.41, 5.74) is 1.35. The van der Waals surface area contributed by atoms with Gasteiger partial charge in [0.25, 0.3) is 0 Å². The van der Waals surface area contributed by atoms with E-state index in [1.807, 2.05) is 51.5 Å². The minimum absolute atomic E-state index is 0.0360. The summed E-state index contributed by atoms with van der Waals surface area (Å²) in [5, 5.41) is 0. The molecule has 24 heavy (non-hydrogen) atoms. The third-order valence-corrected chi connectivity index (χ3v) is 4.60. The second-order valence-corrected chi connectivity index (χ2v) is 8.44. The van der Waals surface area contributed by atoms with Crippen molar-refractivity contribution >= 4 is 19.6 Å². The third-order valence-electron chi connectivity index (χ3n) is 3.28. The highest BCUT2D eigenvalue weighted by molar-refractivity contribution is 7.69. The van der Waals surface area contributed by atoms with E-state index in [1.54, 1.807) is 0 Å². The van der Waals surface area contributed by atoms with E-state index in [1.165, 1.54) is 0 Å². The molecular weight excluding hydrogens is 325 g/mol. The second kappa shape index (κ2) is 9.67. The highest BCUT2D eigenvalue weighted by Crippen LogP contribution is 2.31. The number of likely N-dealkylation sites (N-methyl/N-ethyl adjacent to an activating group) is 1. The van der Waals surface area contributed by atoms with Gasteiger partial charge in [0, 0.05) is 11.7 Å². The number of aryl methyl sites for hydroxylation is 1. The number of carbonyl (C=O) groups is 2. The first-order chi connectivity index (χ1) is 11.2. The van der Waals surface area contributed by atoms with Crippen LogP contribution in [0.25, 0.3) is 0 Å². The van der Waals surface area contributed by atoms with E-state index < -0.39 is 14.1 Å². The number of nitrogens with zero attached hydrogens (tertiary/aromatic N) is 1. The van der Waals surface area contributed by atoms with Crippen molar-refractivity contribution < 1.29 is 23.7 Å². The Morgan fingerprint density at radius 3 is 2.42 bits per heavy atom. The number of quaternary nitrogens is 1. The minimum atomic E-state index is -1.76. The van der Waals surface area contributed by atoms with E-state index >= 15 is 0 Å². The molecule has 5 nitrogen and oxygen atoms in total. The molecule has 132 valence electrons. The van der Waals surface area contributed by atoms with Crippen molar-refractivity contribution in [2.24, 2.45) is 0 Å². The Hall–Kier alpha value is -1.55. The number of hydrogen-bond donors (Lipinski definition) is 1. The fourth-order valence-corrected chi connectivity index (χ4v) is 3.08. The number of carbonyl (C=O) groups excluding carboxylic acids is 2. The maximum atomic E-state index is 11.9. The molecule has 6 heteroatoms. The summed E-state index contributed by atoms with van der Waals surface area (Å²) in [6, 6.07) is 9.84. The van der Waals surface area contributed by atoms with Gasteiger partial charge in [-0.05, 0) is 18.4 Å². The number of rotatable bonds is 10.